The molecule has 4 N–H and O–H groups in total. The molecular formula is C17H20N2O2. The first-order chi connectivity index (χ1) is 10.1. The van der Waals surface area contributed by atoms with Gasteiger partial charge in [-0.2, -0.15) is 0 Å². The molecule has 0 unspecified atom stereocenters. The van der Waals surface area contributed by atoms with Crippen LogP contribution in [-0.4, -0.2) is 17.1 Å². The van der Waals surface area contributed by atoms with E-state index in [1.54, 1.807) is 12.1 Å². The summed E-state index contributed by atoms with van der Waals surface area (Å²) in [4.78, 5) is 10.9. The van der Waals surface area contributed by atoms with Crippen molar-refractivity contribution in [2.24, 2.45) is 0 Å². The molecule has 4 heteroatoms. The topological polar surface area (TPSA) is 75.3 Å². The van der Waals surface area contributed by atoms with Gasteiger partial charge in [0.1, 0.15) is 0 Å². The average Bonchev–Trinajstić information content (AvgIpc) is 2.48. The van der Waals surface area contributed by atoms with E-state index < -0.39 is 5.97 Å². The summed E-state index contributed by atoms with van der Waals surface area (Å²) in [5.41, 5.74) is 8.64. The predicted octanol–water partition coefficient (Wildman–Crippen LogP) is 3.40. The van der Waals surface area contributed by atoms with E-state index >= 15 is 0 Å². The Bertz CT molecular complexity index is 611. The molecule has 0 heterocycles. The van der Waals surface area contributed by atoms with Gasteiger partial charge >= 0.3 is 5.97 Å². The Morgan fingerprint density at radius 3 is 2.57 bits per heavy atom. The van der Waals surface area contributed by atoms with Gasteiger partial charge in [0.15, 0.2) is 0 Å². The Hall–Kier alpha value is -2.49. The molecular weight excluding hydrogens is 264 g/mol. The lowest BCUT2D eigenvalue weighted by Crippen LogP contribution is -2.17. The number of hydrogen-bond donors (Lipinski definition) is 3. The molecule has 0 spiro atoms. The number of aromatic carboxylic acids is 1. The molecule has 0 aliphatic carbocycles. The van der Waals surface area contributed by atoms with Gasteiger partial charge in [-0.15, -0.1) is 0 Å². The zero-order valence-electron chi connectivity index (χ0n) is 12.0. The zero-order valence-corrected chi connectivity index (χ0v) is 12.0. The number of nitrogens with one attached hydrogen (secondary N) is 1. The summed E-state index contributed by atoms with van der Waals surface area (Å²) in [5.74, 6) is -0.967. The number of benzene rings is 2. The van der Waals surface area contributed by atoms with E-state index in [0.717, 1.165) is 18.5 Å². The van der Waals surface area contributed by atoms with Crippen molar-refractivity contribution in [3.8, 4) is 0 Å². The second-order valence-corrected chi connectivity index (χ2v) is 5.18. The molecule has 2 rings (SSSR count). The molecule has 4 nitrogen and oxygen atoms in total. The molecule has 0 radical (unpaired) electrons. The number of carbonyl (C=O) groups is 1. The molecule has 1 atom stereocenters. The first kappa shape index (κ1) is 14.9. The third-order valence-electron chi connectivity index (χ3n) is 3.41. The molecule has 0 bridgehead atoms. The summed E-state index contributed by atoms with van der Waals surface area (Å²) < 4.78 is 0. The minimum absolute atomic E-state index is 0.204. The Labute approximate surface area is 124 Å². The van der Waals surface area contributed by atoms with E-state index in [2.05, 4.69) is 24.4 Å². The molecule has 0 fully saturated rings. The van der Waals surface area contributed by atoms with Crippen molar-refractivity contribution in [3.63, 3.8) is 0 Å². The van der Waals surface area contributed by atoms with Crippen molar-refractivity contribution < 1.29 is 9.90 Å². The van der Waals surface area contributed by atoms with E-state index in [0.29, 0.717) is 5.69 Å². The monoisotopic (exact) mass is 284 g/mol. The molecule has 0 aliphatic rings. The lowest BCUT2D eigenvalue weighted by Gasteiger charge is -2.17. The van der Waals surface area contributed by atoms with Crippen LogP contribution in [0, 0.1) is 0 Å². The van der Waals surface area contributed by atoms with Gasteiger partial charge in [-0.1, -0.05) is 30.3 Å². The molecule has 110 valence electrons. The molecule has 21 heavy (non-hydrogen) atoms. The molecule has 2 aromatic rings. The number of nitrogens with two attached hydrogens (primary N) is 1. The summed E-state index contributed by atoms with van der Waals surface area (Å²) in [7, 11) is 0. The van der Waals surface area contributed by atoms with E-state index in [4.69, 9.17) is 10.8 Å². The van der Waals surface area contributed by atoms with Crippen molar-refractivity contribution in [1.29, 1.82) is 0 Å². The van der Waals surface area contributed by atoms with Crippen molar-refractivity contribution in [2.75, 3.05) is 11.1 Å². The van der Waals surface area contributed by atoms with Gasteiger partial charge in [-0.3, -0.25) is 0 Å². The number of aryl methyl sites for hydroxylation is 1. The van der Waals surface area contributed by atoms with Gasteiger partial charge in [0, 0.05) is 6.04 Å². The lowest BCUT2D eigenvalue weighted by molar-refractivity contribution is 0.0697. The molecule has 0 amide bonds. The smallest absolute Gasteiger partial charge is 0.335 e. The summed E-state index contributed by atoms with van der Waals surface area (Å²) in [5, 5.41) is 12.2. The van der Waals surface area contributed by atoms with E-state index in [9.17, 15) is 4.79 Å². The van der Waals surface area contributed by atoms with Gasteiger partial charge < -0.3 is 16.2 Å². The van der Waals surface area contributed by atoms with Gasteiger partial charge in [-0.05, 0) is 43.5 Å². The fourth-order valence-electron chi connectivity index (χ4n) is 2.19. The number of carboxylic acid groups (broad SMARTS) is 1. The van der Waals surface area contributed by atoms with Crippen LogP contribution < -0.4 is 11.1 Å². The van der Waals surface area contributed by atoms with Crippen LogP contribution in [0.4, 0.5) is 11.4 Å². The van der Waals surface area contributed by atoms with Crippen LogP contribution in [0.15, 0.2) is 48.5 Å². The van der Waals surface area contributed by atoms with Crippen LogP contribution in [0.25, 0.3) is 0 Å². The molecule has 0 saturated carbocycles. The second-order valence-electron chi connectivity index (χ2n) is 5.18. The van der Waals surface area contributed by atoms with Gasteiger partial charge in [0.2, 0.25) is 0 Å². The van der Waals surface area contributed by atoms with E-state index in [1.165, 1.54) is 11.6 Å². The van der Waals surface area contributed by atoms with Gasteiger partial charge in [0.05, 0.1) is 16.9 Å². The number of nitrogen functional groups attached to an aromatic ring is 1. The third-order valence-corrected chi connectivity index (χ3v) is 3.41. The highest BCUT2D eigenvalue weighted by molar-refractivity contribution is 5.90. The minimum Gasteiger partial charge on any atom is -0.478 e. The average molecular weight is 284 g/mol. The number of anilines is 2. The lowest BCUT2D eigenvalue weighted by atomic mass is 10.1. The van der Waals surface area contributed by atoms with Crippen LogP contribution in [0.1, 0.15) is 29.3 Å². The predicted molar refractivity (Wildman–Crippen MR) is 85.7 cm³/mol. The largest absolute Gasteiger partial charge is 0.478 e. The van der Waals surface area contributed by atoms with Crippen LogP contribution in [0.3, 0.4) is 0 Å². The Kier molecular flexibility index (Phi) is 4.82. The Morgan fingerprint density at radius 1 is 1.24 bits per heavy atom. The molecule has 2 aromatic carbocycles. The van der Waals surface area contributed by atoms with Crippen molar-refractivity contribution >= 4 is 17.3 Å². The van der Waals surface area contributed by atoms with Crippen molar-refractivity contribution in [3.05, 3.63) is 59.7 Å². The zero-order chi connectivity index (χ0) is 15.2. The van der Waals surface area contributed by atoms with Crippen LogP contribution >= 0.6 is 0 Å². The summed E-state index contributed by atoms with van der Waals surface area (Å²) in [6.45, 7) is 2.09. The summed E-state index contributed by atoms with van der Waals surface area (Å²) in [6.07, 6.45) is 1.96. The van der Waals surface area contributed by atoms with Gasteiger partial charge in [-0.25, -0.2) is 4.79 Å². The maximum atomic E-state index is 10.9. The van der Waals surface area contributed by atoms with Crippen LogP contribution in [-0.2, 0) is 6.42 Å². The Morgan fingerprint density at radius 2 is 1.95 bits per heavy atom. The fraction of sp³-hybridized carbons (Fsp3) is 0.235. The quantitative estimate of drug-likeness (QED) is 0.711. The first-order valence-corrected chi connectivity index (χ1v) is 6.99. The number of rotatable bonds is 6. The van der Waals surface area contributed by atoms with Crippen LogP contribution in [0.2, 0.25) is 0 Å². The molecule has 0 saturated heterocycles. The second kappa shape index (κ2) is 6.79. The van der Waals surface area contributed by atoms with Crippen molar-refractivity contribution in [1.82, 2.24) is 0 Å². The number of hydrogen-bond acceptors (Lipinski definition) is 3. The molecule has 0 aromatic heterocycles. The maximum Gasteiger partial charge on any atom is 0.335 e. The molecule has 0 aliphatic heterocycles. The first-order valence-electron chi connectivity index (χ1n) is 6.99. The van der Waals surface area contributed by atoms with Crippen molar-refractivity contribution in [2.45, 2.75) is 25.8 Å². The number of carboxylic acids is 1. The normalized spacial score (nSPS) is 11.9. The summed E-state index contributed by atoms with van der Waals surface area (Å²) in [6, 6.07) is 15.3. The van der Waals surface area contributed by atoms with E-state index in [1.807, 2.05) is 18.2 Å². The highest BCUT2D eigenvalue weighted by atomic mass is 16.4. The highest BCUT2D eigenvalue weighted by Gasteiger charge is 2.08. The Balaban J connectivity index is 1.93. The van der Waals surface area contributed by atoms with E-state index in [-0.39, 0.29) is 11.6 Å². The van der Waals surface area contributed by atoms with Gasteiger partial charge in [0.25, 0.3) is 0 Å². The fourth-order valence-corrected chi connectivity index (χ4v) is 2.19. The van der Waals surface area contributed by atoms with Crippen LogP contribution in [0.5, 0.6) is 0 Å². The maximum absolute atomic E-state index is 10.9. The summed E-state index contributed by atoms with van der Waals surface area (Å²) >= 11 is 0. The third kappa shape index (κ3) is 4.24. The minimum atomic E-state index is -0.967. The standard InChI is InChI=1S/C17H20N2O2/c1-12(7-8-13-5-3-2-4-6-13)19-16-10-9-14(17(20)21)11-15(16)18/h2-6,9-12,19H,7-8,18H2,1H3,(H,20,21)/t12-/m1/s1. The highest BCUT2D eigenvalue weighted by Crippen LogP contribution is 2.21. The SMILES string of the molecule is C[C@H](CCc1ccccc1)Nc1ccc(C(=O)O)cc1N.